The number of anilines is 1. The summed E-state index contributed by atoms with van der Waals surface area (Å²) >= 11 is 0. The summed E-state index contributed by atoms with van der Waals surface area (Å²) in [5, 5.41) is 5.80. The van der Waals surface area contributed by atoms with Crippen LogP contribution in [0.5, 0.6) is 0 Å². The average molecular weight is 306 g/mol. The lowest BCUT2D eigenvalue weighted by atomic mass is 9.95. The van der Waals surface area contributed by atoms with Gasteiger partial charge in [0.15, 0.2) is 5.78 Å². The van der Waals surface area contributed by atoms with Crippen LogP contribution >= 0.6 is 0 Å². The zero-order valence-corrected chi connectivity index (χ0v) is 13.0. The van der Waals surface area contributed by atoms with Crippen molar-refractivity contribution in [1.29, 1.82) is 0 Å². The van der Waals surface area contributed by atoms with E-state index in [9.17, 15) is 9.59 Å². The minimum atomic E-state index is -0.317. The predicted molar refractivity (Wildman–Crippen MR) is 90.5 cm³/mol. The molecule has 23 heavy (non-hydrogen) atoms. The van der Waals surface area contributed by atoms with Gasteiger partial charge in [0.05, 0.1) is 11.6 Å². The second kappa shape index (κ2) is 6.57. The van der Waals surface area contributed by atoms with E-state index < -0.39 is 0 Å². The highest BCUT2D eigenvalue weighted by Crippen LogP contribution is 2.26. The van der Waals surface area contributed by atoms with Gasteiger partial charge in [0.1, 0.15) is 0 Å². The number of hydrogen-bond acceptors (Lipinski definition) is 3. The van der Waals surface area contributed by atoms with Crippen molar-refractivity contribution in [2.45, 2.75) is 19.8 Å². The van der Waals surface area contributed by atoms with E-state index in [0.717, 1.165) is 11.4 Å². The monoisotopic (exact) mass is 306 g/mol. The summed E-state index contributed by atoms with van der Waals surface area (Å²) in [5.41, 5.74) is 2.21. The van der Waals surface area contributed by atoms with Gasteiger partial charge in [-0.1, -0.05) is 48.5 Å². The molecule has 4 nitrogen and oxygen atoms in total. The van der Waals surface area contributed by atoms with Crippen LogP contribution in [0.3, 0.4) is 0 Å². The lowest BCUT2D eigenvalue weighted by Crippen LogP contribution is -2.27. The van der Waals surface area contributed by atoms with Gasteiger partial charge in [0.25, 0.3) is 5.91 Å². The van der Waals surface area contributed by atoms with Crippen LogP contribution in [0.25, 0.3) is 0 Å². The maximum atomic E-state index is 12.6. The summed E-state index contributed by atoms with van der Waals surface area (Å²) in [6, 6.07) is 18.5. The fourth-order valence-corrected chi connectivity index (χ4v) is 2.73. The van der Waals surface area contributed by atoms with E-state index in [0.29, 0.717) is 18.4 Å². The maximum Gasteiger partial charge on any atom is 0.256 e. The van der Waals surface area contributed by atoms with Crippen molar-refractivity contribution >= 4 is 23.1 Å². The van der Waals surface area contributed by atoms with E-state index in [2.05, 4.69) is 5.10 Å². The number of para-hydroxylation sites is 1. The number of amides is 1. The molecule has 2 aromatic carbocycles. The number of carbonyl (C=O) groups is 2. The number of hydrazone groups is 1. The molecule has 1 unspecified atom stereocenters. The summed E-state index contributed by atoms with van der Waals surface area (Å²) in [5.74, 6) is -0.318. The van der Waals surface area contributed by atoms with Crippen LogP contribution in [0.1, 0.15) is 30.1 Å². The van der Waals surface area contributed by atoms with E-state index in [1.807, 2.05) is 55.5 Å². The van der Waals surface area contributed by atoms with Crippen molar-refractivity contribution in [1.82, 2.24) is 0 Å². The van der Waals surface area contributed by atoms with Gasteiger partial charge in [-0.15, -0.1) is 0 Å². The molecule has 1 heterocycles. The van der Waals surface area contributed by atoms with Crippen LogP contribution in [0, 0.1) is 5.92 Å². The van der Waals surface area contributed by atoms with E-state index in [1.54, 1.807) is 12.1 Å². The van der Waals surface area contributed by atoms with Crippen LogP contribution in [0.2, 0.25) is 0 Å². The Bertz CT molecular complexity index is 738. The first-order chi connectivity index (χ1) is 11.2. The van der Waals surface area contributed by atoms with Gasteiger partial charge in [0, 0.05) is 17.7 Å². The molecule has 1 aliphatic heterocycles. The van der Waals surface area contributed by atoms with Gasteiger partial charge in [-0.2, -0.15) is 5.10 Å². The first-order valence-electron chi connectivity index (χ1n) is 7.69. The fourth-order valence-electron chi connectivity index (χ4n) is 2.73. The molecule has 1 atom stereocenters. The lowest BCUT2D eigenvalue weighted by Gasteiger charge is -2.14. The van der Waals surface area contributed by atoms with Crippen molar-refractivity contribution in [3.63, 3.8) is 0 Å². The molecular formula is C19H18N2O2. The number of nitrogens with zero attached hydrogens (tertiary/aromatic N) is 2. The molecule has 3 rings (SSSR count). The molecule has 4 heteroatoms. The van der Waals surface area contributed by atoms with Crippen LogP contribution in [0.15, 0.2) is 65.8 Å². The highest BCUT2D eigenvalue weighted by Gasteiger charge is 2.34. The number of carbonyl (C=O) groups excluding carboxylic acids is 2. The molecule has 0 radical (unpaired) electrons. The van der Waals surface area contributed by atoms with Crippen LogP contribution in [-0.4, -0.2) is 17.4 Å². The molecule has 2 aromatic rings. The molecule has 0 N–H and O–H groups in total. The van der Waals surface area contributed by atoms with Crippen molar-refractivity contribution < 1.29 is 9.59 Å². The quantitative estimate of drug-likeness (QED) is 0.791. The van der Waals surface area contributed by atoms with Crippen molar-refractivity contribution in [2.75, 3.05) is 5.01 Å². The van der Waals surface area contributed by atoms with Gasteiger partial charge in [0.2, 0.25) is 0 Å². The maximum absolute atomic E-state index is 12.6. The molecule has 0 saturated carbocycles. The predicted octanol–water partition coefficient (Wildman–Crippen LogP) is 3.69. The topological polar surface area (TPSA) is 49.7 Å². The summed E-state index contributed by atoms with van der Waals surface area (Å²) < 4.78 is 0. The Morgan fingerprint density at radius 3 is 2.30 bits per heavy atom. The van der Waals surface area contributed by atoms with E-state index in [-0.39, 0.29) is 17.6 Å². The first kappa shape index (κ1) is 15.2. The minimum absolute atomic E-state index is 0.0596. The fraction of sp³-hybridized carbons (Fsp3) is 0.211. The summed E-state index contributed by atoms with van der Waals surface area (Å²) in [6.07, 6.45) is 0.834. The third kappa shape index (κ3) is 3.21. The summed E-state index contributed by atoms with van der Waals surface area (Å²) in [7, 11) is 0. The van der Waals surface area contributed by atoms with E-state index in [4.69, 9.17) is 0 Å². The Balaban J connectivity index is 1.67. The second-order valence-electron chi connectivity index (χ2n) is 5.61. The zero-order chi connectivity index (χ0) is 16.2. The number of benzene rings is 2. The Morgan fingerprint density at radius 1 is 1.04 bits per heavy atom. The molecule has 0 saturated heterocycles. The Labute approximate surface area is 135 Å². The average Bonchev–Trinajstić information content (AvgIpc) is 2.88. The second-order valence-corrected chi connectivity index (χ2v) is 5.61. The van der Waals surface area contributed by atoms with Gasteiger partial charge in [-0.3, -0.25) is 9.59 Å². The molecule has 0 bridgehead atoms. The van der Waals surface area contributed by atoms with Crippen LogP contribution in [0.4, 0.5) is 5.69 Å². The van der Waals surface area contributed by atoms with Crippen molar-refractivity contribution in [2.24, 2.45) is 11.0 Å². The molecule has 1 amide bonds. The molecule has 0 aromatic heterocycles. The van der Waals surface area contributed by atoms with Gasteiger partial charge >= 0.3 is 0 Å². The Hall–Kier alpha value is -2.75. The van der Waals surface area contributed by atoms with Crippen LogP contribution < -0.4 is 5.01 Å². The first-order valence-corrected chi connectivity index (χ1v) is 7.69. The number of Topliss-reactive ketones (excluding diaryl/α,β-unsaturated/α-hetero) is 1. The summed E-state index contributed by atoms with van der Waals surface area (Å²) in [6.45, 7) is 1.85. The van der Waals surface area contributed by atoms with Gasteiger partial charge < -0.3 is 0 Å². The molecular weight excluding hydrogens is 288 g/mol. The summed E-state index contributed by atoms with van der Waals surface area (Å²) in [4.78, 5) is 24.8. The highest BCUT2D eigenvalue weighted by atomic mass is 16.2. The van der Waals surface area contributed by atoms with Crippen LogP contribution in [-0.2, 0) is 4.79 Å². The largest absolute Gasteiger partial charge is 0.294 e. The molecule has 116 valence electrons. The third-order valence-corrected chi connectivity index (χ3v) is 4.03. The minimum Gasteiger partial charge on any atom is -0.294 e. The molecule has 0 spiro atoms. The normalized spacial score (nSPS) is 17.3. The van der Waals surface area contributed by atoms with Gasteiger partial charge in [-0.05, 0) is 25.5 Å². The number of rotatable bonds is 5. The highest BCUT2D eigenvalue weighted by molar-refractivity contribution is 6.15. The smallest absolute Gasteiger partial charge is 0.256 e. The number of ketones is 1. The van der Waals surface area contributed by atoms with Gasteiger partial charge in [-0.25, -0.2) is 5.01 Å². The van der Waals surface area contributed by atoms with Crippen molar-refractivity contribution in [3.8, 4) is 0 Å². The molecule has 0 fully saturated rings. The SMILES string of the molecule is CC1=NN(c2ccccc2)C(=O)C1CCC(=O)c1ccccc1. The number of hydrogen-bond donors (Lipinski definition) is 0. The standard InChI is InChI=1S/C19H18N2O2/c1-14-17(12-13-18(22)15-8-4-2-5-9-15)19(23)21(20-14)16-10-6-3-7-11-16/h2-11,17H,12-13H2,1H3. The Morgan fingerprint density at radius 2 is 1.65 bits per heavy atom. The third-order valence-electron chi connectivity index (χ3n) is 4.03. The zero-order valence-electron chi connectivity index (χ0n) is 13.0. The molecule has 1 aliphatic rings. The Kier molecular flexibility index (Phi) is 4.33. The lowest BCUT2D eigenvalue weighted by molar-refractivity contribution is -0.119. The van der Waals surface area contributed by atoms with E-state index in [1.165, 1.54) is 5.01 Å². The van der Waals surface area contributed by atoms with E-state index >= 15 is 0 Å². The molecule has 0 aliphatic carbocycles. The van der Waals surface area contributed by atoms with Crippen molar-refractivity contribution in [3.05, 3.63) is 66.2 Å².